The Morgan fingerprint density at radius 2 is 1.65 bits per heavy atom. The van der Waals surface area contributed by atoms with Crippen LogP contribution in [0.3, 0.4) is 0 Å². The first-order valence-electron chi connectivity index (χ1n) is 8.48. The summed E-state index contributed by atoms with van der Waals surface area (Å²) in [4.78, 5) is 2.33. The second kappa shape index (κ2) is 7.40. The molecule has 1 fully saturated rings. The molecule has 136 valence electrons. The van der Waals surface area contributed by atoms with Crippen LogP contribution in [-0.2, 0) is 16.6 Å². The van der Waals surface area contributed by atoms with Gasteiger partial charge < -0.3 is 0 Å². The Bertz CT molecular complexity index is 1020. The molecule has 0 radical (unpaired) electrons. The topological polar surface area (TPSA) is 40.6 Å². The molecule has 0 atom stereocenters. The van der Waals surface area contributed by atoms with Crippen LogP contribution in [0, 0.1) is 0 Å². The molecule has 2 heterocycles. The highest BCUT2D eigenvalue weighted by Crippen LogP contribution is 2.29. The molecule has 7 heteroatoms. The van der Waals surface area contributed by atoms with Gasteiger partial charge in [-0.15, -0.1) is 11.3 Å². The van der Waals surface area contributed by atoms with Gasteiger partial charge in [0.2, 0.25) is 0 Å². The lowest BCUT2D eigenvalue weighted by Gasteiger charge is -2.33. The number of fused-ring (bicyclic) bond motifs is 1. The van der Waals surface area contributed by atoms with E-state index in [4.69, 9.17) is 0 Å². The zero-order valence-corrected chi connectivity index (χ0v) is 17.4. The molecule has 4 rings (SSSR count). The molecule has 0 saturated carbocycles. The number of thiophene rings is 1. The molecule has 1 aromatic heterocycles. The number of halogens is 1. The van der Waals surface area contributed by atoms with Crippen LogP contribution in [0.1, 0.15) is 5.56 Å². The summed E-state index contributed by atoms with van der Waals surface area (Å²) in [6, 6.07) is 18.2. The van der Waals surface area contributed by atoms with Crippen LogP contribution in [0.4, 0.5) is 0 Å². The van der Waals surface area contributed by atoms with Crippen molar-refractivity contribution in [1.82, 2.24) is 9.21 Å². The molecule has 0 N–H and O–H groups in total. The quantitative estimate of drug-likeness (QED) is 0.598. The van der Waals surface area contributed by atoms with Crippen LogP contribution in [0.25, 0.3) is 10.8 Å². The lowest BCUT2D eigenvalue weighted by molar-refractivity contribution is 0.182. The molecule has 0 spiro atoms. The number of hydrogen-bond acceptors (Lipinski definition) is 4. The molecular weight excluding hydrogens is 432 g/mol. The number of sulfonamides is 1. The van der Waals surface area contributed by atoms with E-state index in [1.54, 1.807) is 16.4 Å². The van der Waals surface area contributed by atoms with Crippen molar-refractivity contribution in [2.45, 2.75) is 10.8 Å². The lowest BCUT2D eigenvalue weighted by atomic mass is 10.0. The van der Waals surface area contributed by atoms with Crippen LogP contribution in [0.2, 0.25) is 0 Å². The minimum Gasteiger partial charge on any atom is -0.296 e. The largest absolute Gasteiger partial charge is 0.296 e. The molecule has 2 aromatic carbocycles. The van der Waals surface area contributed by atoms with Crippen molar-refractivity contribution in [3.05, 3.63) is 63.9 Å². The number of benzene rings is 2. The monoisotopic (exact) mass is 450 g/mol. The Morgan fingerprint density at radius 1 is 0.923 bits per heavy atom. The average Bonchev–Trinajstić information content (AvgIpc) is 3.10. The molecular formula is C19H19BrN2O2S2. The maximum atomic E-state index is 12.7. The summed E-state index contributed by atoms with van der Waals surface area (Å²) in [5, 5.41) is 2.52. The van der Waals surface area contributed by atoms with E-state index in [9.17, 15) is 8.42 Å². The van der Waals surface area contributed by atoms with Crippen LogP contribution in [0.15, 0.2) is 62.6 Å². The fourth-order valence-corrected chi connectivity index (χ4v) is 6.95. The third-order valence-electron chi connectivity index (χ3n) is 4.75. The Balaban J connectivity index is 1.45. The summed E-state index contributed by atoms with van der Waals surface area (Å²) in [5.74, 6) is 0. The minimum atomic E-state index is -3.38. The van der Waals surface area contributed by atoms with E-state index in [0.29, 0.717) is 17.3 Å². The lowest BCUT2D eigenvalue weighted by Crippen LogP contribution is -2.48. The number of piperazine rings is 1. The molecule has 1 aliphatic heterocycles. The number of rotatable bonds is 4. The second-order valence-electron chi connectivity index (χ2n) is 6.38. The molecule has 1 saturated heterocycles. The van der Waals surface area contributed by atoms with Crippen molar-refractivity contribution in [3.63, 3.8) is 0 Å². The van der Waals surface area contributed by atoms with Gasteiger partial charge in [0.05, 0.1) is 3.79 Å². The van der Waals surface area contributed by atoms with Crippen LogP contribution in [-0.4, -0.2) is 43.8 Å². The zero-order valence-electron chi connectivity index (χ0n) is 14.1. The summed E-state index contributed by atoms with van der Waals surface area (Å²) < 4.78 is 28.3. The van der Waals surface area contributed by atoms with E-state index < -0.39 is 10.0 Å². The van der Waals surface area contributed by atoms with Crippen molar-refractivity contribution in [2.24, 2.45) is 0 Å². The predicted octanol–water partition coefficient (Wildman–Crippen LogP) is 4.17. The maximum Gasteiger partial charge on any atom is 0.252 e. The van der Waals surface area contributed by atoms with Gasteiger partial charge in [-0.1, -0.05) is 42.5 Å². The Hall–Kier alpha value is -1.25. The Labute approximate surface area is 166 Å². The van der Waals surface area contributed by atoms with Gasteiger partial charge in [0.1, 0.15) is 4.21 Å². The van der Waals surface area contributed by atoms with Gasteiger partial charge in [-0.2, -0.15) is 4.31 Å². The minimum absolute atomic E-state index is 0.409. The summed E-state index contributed by atoms with van der Waals surface area (Å²) in [6.07, 6.45) is 0. The normalized spacial score (nSPS) is 17.0. The van der Waals surface area contributed by atoms with Crippen LogP contribution >= 0.6 is 27.3 Å². The molecule has 0 amide bonds. The maximum absolute atomic E-state index is 12.7. The molecule has 0 unspecified atom stereocenters. The predicted molar refractivity (Wildman–Crippen MR) is 110 cm³/mol. The molecule has 0 bridgehead atoms. The fraction of sp³-hybridized carbons (Fsp3) is 0.263. The van der Waals surface area contributed by atoms with E-state index in [0.717, 1.165) is 23.4 Å². The highest BCUT2D eigenvalue weighted by Gasteiger charge is 2.29. The van der Waals surface area contributed by atoms with Gasteiger partial charge in [-0.3, -0.25) is 4.90 Å². The van der Waals surface area contributed by atoms with Crippen molar-refractivity contribution in [1.29, 1.82) is 0 Å². The summed E-state index contributed by atoms with van der Waals surface area (Å²) >= 11 is 4.61. The van der Waals surface area contributed by atoms with E-state index in [1.165, 1.54) is 27.7 Å². The van der Waals surface area contributed by atoms with Crippen LogP contribution in [0.5, 0.6) is 0 Å². The van der Waals surface area contributed by atoms with E-state index >= 15 is 0 Å². The Morgan fingerprint density at radius 3 is 2.38 bits per heavy atom. The smallest absolute Gasteiger partial charge is 0.252 e. The van der Waals surface area contributed by atoms with Crippen molar-refractivity contribution in [2.75, 3.05) is 26.2 Å². The Kier molecular flexibility index (Phi) is 5.16. The molecule has 26 heavy (non-hydrogen) atoms. The van der Waals surface area contributed by atoms with Gasteiger partial charge in [-0.25, -0.2) is 8.42 Å². The fourth-order valence-electron chi connectivity index (χ4n) is 3.36. The van der Waals surface area contributed by atoms with E-state index in [-0.39, 0.29) is 0 Å². The van der Waals surface area contributed by atoms with Gasteiger partial charge in [-0.05, 0) is 44.4 Å². The van der Waals surface area contributed by atoms with Crippen molar-refractivity contribution in [3.8, 4) is 0 Å². The summed E-state index contributed by atoms with van der Waals surface area (Å²) in [5.41, 5.74) is 1.29. The van der Waals surface area contributed by atoms with Gasteiger partial charge in [0.15, 0.2) is 0 Å². The first kappa shape index (κ1) is 18.1. The van der Waals surface area contributed by atoms with Gasteiger partial charge >= 0.3 is 0 Å². The van der Waals surface area contributed by atoms with Gasteiger partial charge in [0, 0.05) is 32.7 Å². The molecule has 1 aliphatic rings. The second-order valence-corrected chi connectivity index (χ2v) is 11.0. The first-order chi connectivity index (χ1) is 12.5. The van der Waals surface area contributed by atoms with E-state index in [1.807, 2.05) is 0 Å². The van der Waals surface area contributed by atoms with Crippen molar-refractivity contribution < 1.29 is 8.42 Å². The number of hydrogen-bond donors (Lipinski definition) is 0. The highest BCUT2D eigenvalue weighted by atomic mass is 79.9. The van der Waals surface area contributed by atoms with Gasteiger partial charge in [0.25, 0.3) is 10.0 Å². The molecule has 0 aliphatic carbocycles. The highest BCUT2D eigenvalue weighted by molar-refractivity contribution is 9.11. The first-order valence-corrected chi connectivity index (χ1v) is 11.5. The standard InChI is InChI=1S/C19H19BrN2O2S2/c20-18-8-9-19(25-18)26(23,24)22-12-10-21(11-13-22)14-16-6-3-5-15-4-1-2-7-17(15)16/h1-9H,10-14H2. The molecule has 4 nitrogen and oxygen atoms in total. The summed E-state index contributed by atoms with van der Waals surface area (Å²) in [6.45, 7) is 3.40. The zero-order chi connectivity index (χ0) is 18.1. The van der Waals surface area contributed by atoms with Crippen molar-refractivity contribution >= 4 is 48.1 Å². The van der Waals surface area contributed by atoms with E-state index in [2.05, 4.69) is 63.3 Å². The van der Waals surface area contributed by atoms with Crippen LogP contribution < -0.4 is 0 Å². The molecule has 3 aromatic rings. The third kappa shape index (κ3) is 3.59. The number of nitrogens with zero attached hydrogens (tertiary/aromatic N) is 2. The SMILES string of the molecule is O=S(=O)(c1ccc(Br)s1)N1CCN(Cc2cccc3ccccc23)CC1. The summed E-state index contributed by atoms with van der Waals surface area (Å²) in [7, 11) is -3.38. The average molecular weight is 451 g/mol. The third-order valence-corrected chi connectivity index (χ3v) is 8.74.